The molecule has 0 fully saturated rings. The lowest BCUT2D eigenvalue weighted by Crippen LogP contribution is -2.10. The van der Waals surface area contributed by atoms with Crippen LogP contribution in [-0.2, 0) is 0 Å². The molecule has 1 aromatic heterocycles. The maximum Gasteiger partial charge on any atom is 0.0547 e. The van der Waals surface area contributed by atoms with Gasteiger partial charge in [0, 0.05) is 42.3 Å². The lowest BCUT2D eigenvalue weighted by atomic mass is 9.97. The molecule has 0 radical (unpaired) electrons. The van der Waals surface area contributed by atoms with Gasteiger partial charge in [-0.15, -0.1) is 11.3 Å². The van der Waals surface area contributed by atoms with Crippen molar-refractivity contribution in [2.75, 3.05) is 4.90 Å². The van der Waals surface area contributed by atoms with E-state index < -0.39 is 0 Å². The van der Waals surface area contributed by atoms with Crippen molar-refractivity contribution in [3.05, 3.63) is 188 Å². The first-order chi connectivity index (χ1) is 24.8. The van der Waals surface area contributed by atoms with Crippen molar-refractivity contribution in [3.63, 3.8) is 0 Å². The van der Waals surface area contributed by atoms with E-state index in [0.29, 0.717) is 0 Å². The number of rotatable bonds is 5. The van der Waals surface area contributed by atoms with E-state index in [1.807, 2.05) is 11.3 Å². The molecule has 0 N–H and O–H groups in total. The Kier molecular flexibility index (Phi) is 6.75. The minimum absolute atomic E-state index is 1.12. The second-order valence-electron chi connectivity index (χ2n) is 12.9. The van der Waals surface area contributed by atoms with Gasteiger partial charge in [-0.3, -0.25) is 0 Å². The van der Waals surface area contributed by atoms with Crippen molar-refractivity contribution >= 4 is 80.9 Å². The molecular weight excluding hydrogens is 623 g/mol. The summed E-state index contributed by atoms with van der Waals surface area (Å²) in [6, 6.07) is 68.7. The second-order valence-corrected chi connectivity index (χ2v) is 14.0. The van der Waals surface area contributed by atoms with Crippen LogP contribution in [0.2, 0.25) is 0 Å². The molecule has 1 heterocycles. The molecule has 0 aliphatic carbocycles. The van der Waals surface area contributed by atoms with Crippen LogP contribution in [0.15, 0.2) is 188 Å². The Morgan fingerprint density at radius 1 is 0.320 bits per heavy atom. The average Bonchev–Trinajstić information content (AvgIpc) is 3.57. The van der Waals surface area contributed by atoms with E-state index in [9.17, 15) is 0 Å². The molecule has 50 heavy (non-hydrogen) atoms. The third kappa shape index (κ3) is 4.76. The molecule has 0 saturated carbocycles. The summed E-state index contributed by atoms with van der Waals surface area (Å²) in [6.07, 6.45) is 0. The highest BCUT2D eigenvalue weighted by molar-refractivity contribution is 7.26. The molecule has 0 aliphatic heterocycles. The van der Waals surface area contributed by atoms with Gasteiger partial charge in [-0.2, -0.15) is 0 Å². The maximum atomic E-state index is 2.43. The van der Waals surface area contributed by atoms with Crippen molar-refractivity contribution in [1.29, 1.82) is 0 Å². The second kappa shape index (κ2) is 11.7. The Morgan fingerprint density at radius 2 is 0.860 bits per heavy atom. The molecule has 9 aromatic carbocycles. The van der Waals surface area contributed by atoms with Gasteiger partial charge in [0.15, 0.2) is 0 Å². The van der Waals surface area contributed by atoms with E-state index in [1.54, 1.807) is 0 Å². The smallest absolute Gasteiger partial charge is 0.0547 e. The fourth-order valence-corrected chi connectivity index (χ4v) is 8.79. The van der Waals surface area contributed by atoms with Gasteiger partial charge in [-0.1, -0.05) is 146 Å². The molecule has 10 rings (SSSR count). The van der Waals surface area contributed by atoms with E-state index in [2.05, 4.69) is 193 Å². The zero-order valence-electron chi connectivity index (χ0n) is 27.3. The van der Waals surface area contributed by atoms with Crippen molar-refractivity contribution in [2.45, 2.75) is 0 Å². The van der Waals surface area contributed by atoms with Crippen LogP contribution in [0.1, 0.15) is 0 Å². The highest BCUT2D eigenvalue weighted by Gasteiger charge is 2.19. The summed E-state index contributed by atoms with van der Waals surface area (Å²) in [5.74, 6) is 0. The summed E-state index contributed by atoms with van der Waals surface area (Å²) in [6.45, 7) is 0. The fourth-order valence-electron chi connectivity index (χ4n) is 7.57. The molecular formula is C48H31NS. The minimum atomic E-state index is 1.12. The van der Waals surface area contributed by atoms with E-state index in [1.165, 1.54) is 80.4 Å². The molecule has 0 spiro atoms. The molecule has 0 saturated heterocycles. The van der Waals surface area contributed by atoms with E-state index in [0.717, 1.165) is 11.4 Å². The van der Waals surface area contributed by atoms with Gasteiger partial charge >= 0.3 is 0 Å². The van der Waals surface area contributed by atoms with E-state index >= 15 is 0 Å². The number of fused-ring (bicyclic) bond motifs is 8. The van der Waals surface area contributed by atoms with Crippen LogP contribution in [0.3, 0.4) is 0 Å². The predicted molar refractivity (Wildman–Crippen MR) is 217 cm³/mol. The van der Waals surface area contributed by atoms with E-state index in [4.69, 9.17) is 0 Å². The Hall–Kier alpha value is -6.22. The van der Waals surface area contributed by atoms with Crippen LogP contribution in [0.5, 0.6) is 0 Å². The summed E-state index contributed by atoms with van der Waals surface area (Å²) in [5.41, 5.74) is 8.26. The molecule has 0 bridgehead atoms. The first-order valence-electron chi connectivity index (χ1n) is 17.1. The SMILES string of the molecule is c1ccc(-c2ccc(N(c3ccc(-c4ccc5c(ccc6ccccc65)c4)cc3)c3cc4c5ccccc5sc4c4ccccc34)cc2)cc1. The summed E-state index contributed by atoms with van der Waals surface area (Å²) < 4.78 is 2.65. The molecule has 10 aromatic rings. The molecule has 2 heteroatoms. The van der Waals surface area contributed by atoms with Gasteiger partial charge in [0.2, 0.25) is 0 Å². The highest BCUT2D eigenvalue weighted by atomic mass is 32.1. The Bertz CT molecular complexity index is 2850. The van der Waals surface area contributed by atoms with Crippen LogP contribution in [0.25, 0.3) is 74.7 Å². The molecule has 0 aliphatic rings. The van der Waals surface area contributed by atoms with Gasteiger partial charge in [-0.05, 0) is 86.3 Å². The van der Waals surface area contributed by atoms with Crippen LogP contribution in [0, 0.1) is 0 Å². The summed E-state index contributed by atoms with van der Waals surface area (Å²) in [7, 11) is 0. The number of benzene rings is 9. The molecule has 1 nitrogen and oxygen atoms in total. The van der Waals surface area contributed by atoms with Gasteiger partial charge in [0.05, 0.1) is 5.69 Å². The lowest BCUT2D eigenvalue weighted by Gasteiger charge is -2.27. The lowest BCUT2D eigenvalue weighted by molar-refractivity contribution is 1.30. The van der Waals surface area contributed by atoms with Crippen LogP contribution >= 0.6 is 11.3 Å². The third-order valence-corrected chi connectivity index (χ3v) is 11.3. The number of anilines is 3. The maximum absolute atomic E-state index is 2.43. The quantitative estimate of drug-likeness (QED) is 0.167. The van der Waals surface area contributed by atoms with Gasteiger partial charge in [-0.25, -0.2) is 0 Å². The monoisotopic (exact) mass is 653 g/mol. The number of nitrogens with zero attached hydrogens (tertiary/aromatic N) is 1. The number of hydrogen-bond acceptors (Lipinski definition) is 2. The third-order valence-electron chi connectivity index (χ3n) is 10.0. The number of thiophene rings is 1. The van der Waals surface area contributed by atoms with Crippen LogP contribution in [0.4, 0.5) is 17.1 Å². The number of hydrogen-bond donors (Lipinski definition) is 0. The Morgan fingerprint density at radius 3 is 1.62 bits per heavy atom. The van der Waals surface area contributed by atoms with Crippen LogP contribution < -0.4 is 4.90 Å². The average molecular weight is 654 g/mol. The molecule has 0 atom stereocenters. The summed E-state index contributed by atoms with van der Waals surface area (Å²) in [5, 5.41) is 10.2. The van der Waals surface area contributed by atoms with Gasteiger partial charge < -0.3 is 4.90 Å². The highest BCUT2D eigenvalue weighted by Crippen LogP contribution is 2.46. The summed E-state index contributed by atoms with van der Waals surface area (Å²) in [4.78, 5) is 2.43. The van der Waals surface area contributed by atoms with Crippen molar-refractivity contribution in [2.24, 2.45) is 0 Å². The largest absolute Gasteiger partial charge is 0.310 e. The normalized spacial score (nSPS) is 11.6. The first-order valence-corrected chi connectivity index (χ1v) is 17.9. The Labute approximate surface area is 294 Å². The minimum Gasteiger partial charge on any atom is -0.310 e. The standard InChI is InChI=1S/C48H31NS/c1-2-10-32(11-3-1)33-20-25-38(26-21-33)49(46-31-45-43-15-8-9-17-47(43)50-48(45)44-16-7-6-14-42(44)46)39-27-22-34(23-28-39)36-24-29-41-37(30-36)19-18-35-12-4-5-13-40(35)41/h1-31H. The molecule has 0 unspecified atom stereocenters. The van der Waals surface area contributed by atoms with Crippen molar-refractivity contribution in [1.82, 2.24) is 0 Å². The van der Waals surface area contributed by atoms with Gasteiger partial charge in [0.1, 0.15) is 0 Å². The first kappa shape index (κ1) is 28.8. The van der Waals surface area contributed by atoms with Gasteiger partial charge in [0.25, 0.3) is 0 Å². The zero-order chi connectivity index (χ0) is 33.0. The van der Waals surface area contributed by atoms with Crippen molar-refractivity contribution < 1.29 is 0 Å². The topological polar surface area (TPSA) is 3.24 Å². The fraction of sp³-hybridized carbons (Fsp3) is 0. The molecule has 234 valence electrons. The van der Waals surface area contributed by atoms with Crippen molar-refractivity contribution in [3.8, 4) is 22.3 Å². The summed E-state index contributed by atoms with van der Waals surface area (Å²) >= 11 is 1.88. The van der Waals surface area contributed by atoms with E-state index in [-0.39, 0.29) is 0 Å². The predicted octanol–water partition coefficient (Wildman–Crippen LogP) is 14.3. The Balaban J connectivity index is 1.14. The zero-order valence-corrected chi connectivity index (χ0v) is 28.1. The van der Waals surface area contributed by atoms with Crippen LogP contribution in [-0.4, -0.2) is 0 Å². The molecule has 0 amide bonds.